The molecule has 12 N–H and O–H groups in total. The Labute approximate surface area is 368 Å². The lowest BCUT2D eigenvalue weighted by Crippen LogP contribution is -2.50. The topological polar surface area (TPSA) is 296 Å². The van der Waals surface area contributed by atoms with Gasteiger partial charge in [0.1, 0.15) is 24.9 Å². The first kappa shape index (κ1) is 59.2. The van der Waals surface area contributed by atoms with E-state index in [-0.39, 0.29) is 38.8 Å². The molecule has 0 heterocycles. The van der Waals surface area contributed by atoms with Gasteiger partial charge in [-0.25, -0.2) is 0 Å². The van der Waals surface area contributed by atoms with Gasteiger partial charge in [-0.3, -0.25) is 24.2 Å². The van der Waals surface area contributed by atoms with Crippen LogP contribution < -0.4 is 38.9 Å². The van der Waals surface area contributed by atoms with Crippen LogP contribution in [0, 0.1) is 27.7 Å². The third-order valence-electron chi connectivity index (χ3n) is 8.05. The molecule has 1 atom stereocenters. The summed E-state index contributed by atoms with van der Waals surface area (Å²) in [5.41, 5.74) is 25.5. The molecular weight excluding hydrogens is 805 g/mol. The van der Waals surface area contributed by atoms with Crippen LogP contribution in [0.25, 0.3) is 0 Å². The number of aryl methyl sites for hydroxylation is 3. The first-order valence-corrected chi connectivity index (χ1v) is 20.7. The third kappa shape index (κ3) is 38.1. The van der Waals surface area contributed by atoms with Gasteiger partial charge in [0.15, 0.2) is 5.96 Å². The minimum Gasteiger partial charge on any atom is -0.508 e. The number of benzene rings is 2. The van der Waals surface area contributed by atoms with Crippen LogP contribution in [0.4, 0.5) is 0 Å². The molecule has 2 rings (SSSR count). The van der Waals surface area contributed by atoms with Gasteiger partial charge in [0.2, 0.25) is 17.7 Å². The minimum absolute atomic E-state index is 0.0123. The summed E-state index contributed by atoms with van der Waals surface area (Å²) in [6.07, 6.45) is 2.57. The standard InChI is InChI=1S/C23H45N5O10.C9H12O.C7H8.C4H11N3/c1-33-6-7-34-8-9-35-10-11-36-12-13-37-14-15-38-22(31)18-27-23(32)19(4-2-3-5-24)28-21(30)17-26-20(29)16-25;1-6-4-9(10)5-7(2)8(6)3;1-7-5-3-2-4-6-7;1-2-3-7-4(5)6/h19H,2-18,24-25H2,1H3,(H,26,29)(H,27,32)(H,28,30);4-5,10H,1-3H3;2-6H,1H3;2-3H2,1H3,(H4,5,6,7). The predicted molar refractivity (Wildman–Crippen MR) is 240 cm³/mol. The maximum absolute atomic E-state index is 12.5. The van der Waals surface area contributed by atoms with E-state index in [1.807, 2.05) is 39.0 Å². The number of aromatic hydroxyl groups is 1. The number of nitrogens with two attached hydrogens (primary N) is 4. The Morgan fingerprint density at radius 2 is 1.26 bits per heavy atom. The molecule has 0 aliphatic rings. The Morgan fingerprint density at radius 1 is 0.726 bits per heavy atom. The van der Waals surface area contributed by atoms with E-state index in [4.69, 9.17) is 56.5 Å². The van der Waals surface area contributed by atoms with Gasteiger partial charge in [-0.1, -0.05) is 42.8 Å². The monoisotopic (exact) mass is 881 g/mol. The first-order valence-electron chi connectivity index (χ1n) is 20.7. The molecule has 3 amide bonds. The fourth-order valence-electron chi connectivity index (χ4n) is 4.50. The fourth-order valence-corrected chi connectivity index (χ4v) is 4.50. The van der Waals surface area contributed by atoms with Gasteiger partial charge < -0.3 is 72.4 Å². The highest BCUT2D eigenvalue weighted by atomic mass is 16.6. The molecular formula is C43H76N8O11. The average molecular weight is 881 g/mol. The quantitative estimate of drug-likeness (QED) is 0.0256. The van der Waals surface area contributed by atoms with Crippen LogP contribution in [-0.4, -0.2) is 147 Å². The number of phenols is 1. The third-order valence-corrected chi connectivity index (χ3v) is 8.05. The van der Waals surface area contributed by atoms with Crippen molar-refractivity contribution in [1.29, 1.82) is 0 Å². The van der Waals surface area contributed by atoms with Crippen molar-refractivity contribution in [3.63, 3.8) is 0 Å². The molecule has 19 nitrogen and oxygen atoms in total. The van der Waals surface area contributed by atoms with E-state index < -0.39 is 29.7 Å². The summed E-state index contributed by atoms with van der Waals surface area (Å²) in [7, 11) is 1.61. The van der Waals surface area contributed by atoms with Gasteiger partial charge in [-0.2, -0.15) is 0 Å². The number of phenolic OH excluding ortho intramolecular Hbond substituents is 1. The van der Waals surface area contributed by atoms with Crippen LogP contribution in [-0.2, 0) is 47.6 Å². The molecule has 0 saturated heterocycles. The van der Waals surface area contributed by atoms with Crippen LogP contribution >= 0.6 is 0 Å². The Hall–Kier alpha value is -4.89. The van der Waals surface area contributed by atoms with Crippen molar-refractivity contribution in [3.05, 3.63) is 64.7 Å². The molecule has 0 fully saturated rings. The zero-order chi connectivity index (χ0) is 46.8. The summed E-state index contributed by atoms with van der Waals surface area (Å²) in [6.45, 7) is 14.2. The molecule has 0 radical (unpaired) electrons. The maximum Gasteiger partial charge on any atom is 0.325 e. The smallest absolute Gasteiger partial charge is 0.325 e. The van der Waals surface area contributed by atoms with E-state index in [1.54, 1.807) is 19.2 Å². The SMILES string of the molecule is CCCN=C(N)N.COCCOCCOCCOCCOCCOC(=O)CNC(=O)C(CCCCN)NC(=O)CNC(=O)CN.Cc1cc(O)cc(C)c1C.Cc1ccccc1. The molecule has 62 heavy (non-hydrogen) atoms. The lowest BCUT2D eigenvalue weighted by atomic mass is 10.0. The summed E-state index contributed by atoms with van der Waals surface area (Å²) >= 11 is 0. The normalized spacial score (nSPS) is 10.6. The Bertz CT molecular complexity index is 1460. The van der Waals surface area contributed by atoms with Gasteiger partial charge >= 0.3 is 5.97 Å². The number of unbranched alkanes of at least 4 members (excludes halogenated alkanes) is 1. The number of hydrogen-bond donors (Lipinski definition) is 8. The molecule has 0 aliphatic heterocycles. The van der Waals surface area contributed by atoms with Crippen molar-refractivity contribution in [2.75, 3.05) is 106 Å². The number of nitrogens with zero attached hydrogens (tertiary/aromatic N) is 1. The van der Waals surface area contributed by atoms with Crippen LogP contribution in [0.5, 0.6) is 5.75 Å². The lowest BCUT2D eigenvalue weighted by Gasteiger charge is -2.18. The van der Waals surface area contributed by atoms with E-state index in [9.17, 15) is 19.2 Å². The van der Waals surface area contributed by atoms with Crippen LogP contribution in [0.15, 0.2) is 47.5 Å². The van der Waals surface area contributed by atoms with Crippen molar-refractivity contribution in [3.8, 4) is 5.75 Å². The van der Waals surface area contributed by atoms with Crippen LogP contribution in [0.1, 0.15) is 54.9 Å². The maximum atomic E-state index is 12.5. The lowest BCUT2D eigenvalue weighted by molar-refractivity contribution is -0.145. The van der Waals surface area contributed by atoms with E-state index in [0.717, 1.165) is 24.1 Å². The van der Waals surface area contributed by atoms with Crippen molar-refractivity contribution in [2.45, 2.75) is 66.3 Å². The Morgan fingerprint density at radius 3 is 1.69 bits per heavy atom. The molecule has 354 valence electrons. The molecule has 0 aromatic heterocycles. The molecule has 0 aliphatic carbocycles. The number of guanidine groups is 1. The summed E-state index contributed by atoms with van der Waals surface area (Å²) in [5, 5.41) is 16.4. The number of carbonyl (C=O) groups is 4. The number of amides is 3. The van der Waals surface area contributed by atoms with Gasteiger partial charge in [0, 0.05) is 13.7 Å². The number of methoxy groups -OCH3 is 1. The molecule has 2 aromatic rings. The number of esters is 1. The zero-order valence-corrected chi connectivity index (χ0v) is 37.8. The zero-order valence-electron chi connectivity index (χ0n) is 37.8. The van der Waals surface area contributed by atoms with Gasteiger partial charge in [0.05, 0.1) is 72.6 Å². The summed E-state index contributed by atoms with van der Waals surface area (Å²) in [4.78, 5) is 51.3. The summed E-state index contributed by atoms with van der Waals surface area (Å²) in [6, 6.07) is 12.9. The van der Waals surface area contributed by atoms with E-state index in [0.29, 0.717) is 84.4 Å². The highest BCUT2D eigenvalue weighted by Crippen LogP contribution is 2.19. The van der Waals surface area contributed by atoms with E-state index >= 15 is 0 Å². The first-order chi connectivity index (χ1) is 29.7. The number of nitrogens with one attached hydrogen (secondary N) is 3. The number of rotatable bonds is 28. The number of carbonyl (C=O) groups excluding carboxylic acids is 4. The Balaban J connectivity index is 0. The second-order valence-electron chi connectivity index (χ2n) is 13.4. The van der Waals surface area contributed by atoms with Crippen molar-refractivity contribution < 1.29 is 52.7 Å². The molecule has 0 bridgehead atoms. The molecule has 0 spiro atoms. The highest BCUT2D eigenvalue weighted by molar-refractivity contribution is 5.91. The van der Waals surface area contributed by atoms with Gasteiger partial charge in [0.25, 0.3) is 0 Å². The molecule has 2 aromatic carbocycles. The van der Waals surface area contributed by atoms with Crippen molar-refractivity contribution in [2.24, 2.45) is 27.9 Å². The Kier molecular flexibility index (Phi) is 39.6. The van der Waals surface area contributed by atoms with E-state index in [2.05, 4.69) is 46.9 Å². The van der Waals surface area contributed by atoms with Crippen molar-refractivity contribution in [1.82, 2.24) is 16.0 Å². The number of ether oxygens (including phenoxy) is 6. The molecule has 0 saturated carbocycles. The second kappa shape index (κ2) is 41.5. The minimum atomic E-state index is -0.889. The molecule has 1 unspecified atom stereocenters. The summed E-state index contributed by atoms with van der Waals surface area (Å²) < 4.78 is 31.2. The predicted octanol–water partition coefficient (Wildman–Crippen LogP) is 1.03. The van der Waals surface area contributed by atoms with Gasteiger partial charge in [-0.15, -0.1) is 0 Å². The summed E-state index contributed by atoms with van der Waals surface area (Å²) in [5.74, 6) is -1.70. The average Bonchev–Trinajstić information content (AvgIpc) is 3.25. The number of hydrogen-bond acceptors (Lipinski definition) is 14. The van der Waals surface area contributed by atoms with Crippen LogP contribution in [0.3, 0.4) is 0 Å². The molecule has 19 heteroatoms. The highest BCUT2D eigenvalue weighted by Gasteiger charge is 2.21. The fraction of sp³-hybridized carbons (Fsp3) is 0.605. The van der Waals surface area contributed by atoms with Gasteiger partial charge in [-0.05, 0) is 88.7 Å². The van der Waals surface area contributed by atoms with Crippen LogP contribution in [0.2, 0.25) is 0 Å². The largest absolute Gasteiger partial charge is 0.508 e. The number of aliphatic imine (C=N–C) groups is 1. The van der Waals surface area contributed by atoms with E-state index in [1.165, 1.54) is 11.1 Å². The van der Waals surface area contributed by atoms with Crippen molar-refractivity contribution >= 4 is 29.7 Å². The second-order valence-corrected chi connectivity index (χ2v) is 13.4.